The Kier molecular flexibility index (Phi) is 5.40. The van der Waals surface area contributed by atoms with Crippen molar-refractivity contribution in [3.8, 4) is 11.5 Å². The number of aromatic amines is 1. The standard InChI is InChI=1S/C17H21N3O4S/c1-2-18-17(25)20(3-4-21)10-12-7-11-8-14-15(24-6-5-23-14)9-13(11)19-16(12)22/h7-9,21H,2-6,10H2,1H3,(H,18,25)(H,19,22). The molecule has 2 aromatic rings. The van der Waals surface area contributed by atoms with Crippen molar-refractivity contribution in [3.63, 3.8) is 0 Å². The van der Waals surface area contributed by atoms with E-state index in [9.17, 15) is 9.90 Å². The van der Waals surface area contributed by atoms with Gasteiger partial charge >= 0.3 is 0 Å². The number of nitrogens with one attached hydrogen (secondary N) is 2. The fraction of sp³-hybridized carbons (Fsp3) is 0.412. The molecule has 1 aromatic carbocycles. The highest BCUT2D eigenvalue weighted by Crippen LogP contribution is 2.33. The maximum absolute atomic E-state index is 12.4. The van der Waals surface area contributed by atoms with Gasteiger partial charge < -0.3 is 29.8 Å². The molecule has 0 saturated carbocycles. The molecule has 0 fully saturated rings. The molecule has 2 heterocycles. The molecule has 0 atom stereocenters. The Labute approximate surface area is 150 Å². The number of nitrogens with zero attached hydrogens (tertiary/aromatic N) is 1. The van der Waals surface area contributed by atoms with Crippen molar-refractivity contribution in [1.82, 2.24) is 15.2 Å². The van der Waals surface area contributed by atoms with Crippen molar-refractivity contribution in [2.24, 2.45) is 0 Å². The van der Waals surface area contributed by atoms with Crippen LogP contribution in [0.1, 0.15) is 12.5 Å². The van der Waals surface area contributed by atoms with Gasteiger partial charge in [-0.2, -0.15) is 0 Å². The summed E-state index contributed by atoms with van der Waals surface area (Å²) in [4.78, 5) is 17.1. The van der Waals surface area contributed by atoms with E-state index in [0.717, 1.165) is 5.39 Å². The molecule has 0 unspecified atom stereocenters. The minimum absolute atomic E-state index is 0.0459. The van der Waals surface area contributed by atoms with E-state index in [-0.39, 0.29) is 12.2 Å². The average molecular weight is 363 g/mol. The molecule has 0 radical (unpaired) electrons. The van der Waals surface area contributed by atoms with E-state index in [0.29, 0.717) is 60.5 Å². The lowest BCUT2D eigenvalue weighted by Crippen LogP contribution is -2.41. The number of aromatic nitrogens is 1. The van der Waals surface area contributed by atoms with Gasteiger partial charge in [0.1, 0.15) is 13.2 Å². The molecule has 3 rings (SSSR count). The lowest BCUT2D eigenvalue weighted by Gasteiger charge is -2.24. The van der Waals surface area contributed by atoms with Crippen LogP contribution in [0.15, 0.2) is 23.0 Å². The molecule has 3 N–H and O–H groups in total. The molecule has 7 nitrogen and oxygen atoms in total. The summed E-state index contributed by atoms with van der Waals surface area (Å²) >= 11 is 5.31. The summed E-state index contributed by atoms with van der Waals surface area (Å²) in [5.74, 6) is 1.31. The first kappa shape index (κ1) is 17.5. The molecule has 1 aromatic heterocycles. The summed E-state index contributed by atoms with van der Waals surface area (Å²) in [6, 6.07) is 5.47. The molecule has 1 aliphatic rings. The molecular formula is C17H21N3O4S. The van der Waals surface area contributed by atoms with E-state index in [1.165, 1.54) is 0 Å². The predicted octanol–water partition coefficient (Wildman–Crippen LogP) is 0.988. The minimum Gasteiger partial charge on any atom is -0.486 e. The monoisotopic (exact) mass is 363 g/mol. The number of benzene rings is 1. The van der Waals surface area contributed by atoms with Crippen LogP contribution in [0.5, 0.6) is 11.5 Å². The zero-order valence-corrected chi connectivity index (χ0v) is 14.8. The predicted molar refractivity (Wildman–Crippen MR) is 99.3 cm³/mol. The highest BCUT2D eigenvalue weighted by atomic mass is 32.1. The summed E-state index contributed by atoms with van der Waals surface area (Å²) in [6.45, 7) is 4.25. The van der Waals surface area contributed by atoms with Crippen LogP contribution in [0.4, 0.5) is 0 Å². The van der Waals surface area contributed by atoms with Crippen LogP contribution in [0.25, 0.3) is 10.9 Å². The zero-order valence-electron chi connectivity index (χ0n) is 14.0. The fourth-order valence-corrected chi connectivity index (χ4v) is 3.05. The van der Waals surface area contributed by atoms with E-state index in [1.807, 2.05) is 19.1 Å². The van der Waals surface area contributed by atoms with Crippen molar-refractivity contribution in [2.75, 3.05) is 32.9 Å². The molecule has 1 aliphatic heterocycles. The number of thiocarbonyl (C=S) groups is 1. The Hall–Kier alpha value is -2.32. The Morgan fingerprint density at radius 3 is 2.72 bits per heavy atom. The molecular weight excluding hydrogens is 342 g/mol. The van der Waals surface area contributed by atoms with Crippen LogP contribution in [-0.4, -0.2) is 53.0 Å². The molecule has 0 bridgehead atoms. The van der Waals surface area contributed by atoms with Crippen LogP contribution in [-0.2, 0) is 6.54 Å². The second-order valence-electron chi connectivity index (χ2n) is 5.69. The van der Waals surface area contributed by atoms with Gasteiger partial charge in [-0.1, -0.05) is 0 Å². The van der Waals surface area contributed by atoms with E-state index < -0.39 is 0 Å². The maximum Gasteiger partial charge on any atom is 0.253 e. The number of ether oxygens (including phenoxy) is 2. The van der Waals surface area contributed by atoms with Crippen molar-refractivity contribution in [2.45, 2.75) is 13.5 Å². The Balaban J connectivity index is 1.93. The second-order valence-corrected chi connectivity index (χ2v) is 6.07. The number of pyridine rings is 1. The number of hydrogen-bond acceptors (Lipinski definition) is 5. The van der Waals surface area contributed by atoms with Gasteiger partial charge in [0.05, 0.1) is 18.7 Å². The average Bonchev–Trinajstić information content (AvgIpc) is 2.60. The largest absolute Gasteiger partial charge is 0.486 e. The van der Waals surface area contributed by atoms with Gasteiger partial charge in [0.2, 0.25) is 0 Å². The number of H-pyrrole nitrogens is 1. The fourth-order valence-electron chi connectivity index (χ4n) is 2.75. The summed E-state index contributed by atoms with van der Waals surface area (Å²) in [6.07, 6.45) is 0. The van der Waals surface area contributed by atoms with Crippen molar-refractivity contribution in [1.29, 1.82) is 0 Å². The Morgan fingerprint density at radius 1 is 1.32 bits per heavy atom. The lowest BCUT2D eigenvalue weighted by atomic mass is 10.1. The van der Waals surface area contributed by atoms with Crippen molar-refractivity contribution < 1.29 is 14.6 Å². The molecule has 0 aliphatic carbocycles. The van der Waals surface area contributed by atoms with Crippen LogP contribution in [0, 0.1) is 0 Å². The number of fused-ring (bicyclic) bond motifs is 2. The lowest BCUT2D eigenvalue weighted by molar-refractivity contribution is 0.172. The molecule has 134 valence electrons. The molecule has 0 spiro atoms. The number of aliphatic hydroxyl groups is 1. The van der Waals surface area contributed by atoms with E-state index in [2.05, 4.69) is 10.3 Å². The summed E-state index contributed by atoms with van der Waals surface area (Å²) < 4.78 is 11.1. The number of hydrogen-bond donors (Lipinski definition) is 3. The quantitative estimate of drug-likeness (QED) is 0.683. The first-order valence-electron chi connectivity index (χ1n) is 8.21. The second kappa shape index (κ2) is 7.71. The molecule has 8 heteroatoms. The maximum atomic E-state index is 12.4. The summed E-state index contributed by atoms with van der Waals surface area (Å²) in [5, 5.41) is 13.7. The van der Waals surface area contributed by atoms with Crippen molar-refractivity contribution in [3.05, 3.63) is 34.1 Å². The molecule has 0 saturated heterocycles. The number of aliphatic hydroxyl groups excluding tert-OH is 1. The molecule has 0 amide bonds. The van der Waals surface area contributed by atoms with Crippen LogP contribution in [0.2, 0.25) is 0 Å². The van der Waals surface area contributed by atoms with Crippen LogP contribution in [0.3, 0.4) is 0 Å². The number of rotatable bonds is 5. The van der Waals surface area contributed by atoms with Gasteiger partial charge in [-0.25, -0.2) is 0 Å². The van der Waals surface area contributed by atoms with Gasteiger partial charge in [-0.15, -0.1) is 0 Å². The summed E-state index contributed by atoms with van der Waals surface area (Å²) in [5.41, 5.74) is 1.07. The van der Waals surface area contributed by atoms with Crippen LogP contribution < -0.4 is 20.3 Å². The third-order valence-corrected chi connectivity index (χ3v) is 4.33. The van der Waals surface area contributed by atoms with E-state index in [1.54, 1.807) is 11.0 Å². The topological polar surface area (TPSA) is 86.8 Å². The van der Waals surface area contributed by atoms with E-state index in [4.69, 9.17) is 21.7 Å². The van der Waals surface area contributed by atoms with Gasteiger partial charge in [-0.05, 0) is 31.3 Å². The van der Waals surface area contributed by atoms with E-state index >= 15 is 0 Å². The first-order chi connectivity index (χ1) is 12.1. The van der Waals surface area contributed by atoms with Crippen LogP contribution >= 0.6 is 12.2 Å². The Bertz CT molecular complexity index is 836. The van der Waals surface area contributed by atoms with Crippen molar-refractivity contribution >= 4 is 28.2 Å². The van der Waals surface area contributed by atoms with Gasteiger partial charge in [0, 0.05) is 30.1 Å². The summed E-state index contributed by atoms with van der Waals surface area (Å²) in [7, 11) is 0. The zero-order chi connectivity index (χ0) is 17.8. The Morgan fingerprint density at radius 2 is 2.04 bits per heavy atom. The third-order valence-electron chi connectivity index (χ3n) is 3.93. The highest BCUT2D eigenvalue weighted by Gasteiger charge is 2.16. The van der Waals surface area contributed by atoms with Gasteiger partial charge in [0.25, 0.3) is 5.56 Å². The SMILES string of the molecule is CCNC(=S)N(CCO)Cc1cc2cc3c(cc2[nH]c1=O)OCCO3. The highest BCUT2D eigenvalue weighted by molar-refractivity contribution is 7.80. The third kappa shape index (κ3) is 3.85. The molecule has 25 heavy (non-hydrogen) atoms. The normalized spacial score (nSPS) is 12.9. The van der Waals surface area contributed by atoms with Gasteiger partial charge in [0.15, 0.2) is 16.6 Å². The van der Waals surface area contributed by atoms with Gasteiger partial charge in [-0.3, -0.25) is 4.79 Å². The smallest absolute Gasteiger partial charge is 0.253 e. The minimum atomic E-state index is -0.189. The first-order valence-corrected chi connectivity index (χ1v) is 8.62.